The Morgan fingerprint density at radius 2 is 1.75 bits per heavy atom. The molecule has 1 fully saturated rings. The Balaban J connectivity index is 1.86. The standard InChI is InChI=1S/C18H20O2/c19-15-10-14-17(16(15)11-6-2-1-3-7-11)12-8-4-5-9-13(12)18(14)20/h4-5,8-9,11,14,18,20H,1-3,6-7,10H2/t14-,18+/m0/s1. The smallest absolute Gasteiger partial charge is 0.160 e. The van der Waals surface area contributed by atoms with Crippen molar-refractivity contribution in [2.75, 3.05) is 0 Å². The molecule has 0 heterocycles. The summed E-state index contributed by atoms with van der Waals surface area (Å²) >= 11 is 0. The molecule has 0 unspecified atom stereocenters. The van der Waals surface area contributed by atoms with Gasteiger partial charge in [0.05, 0.1) is 6.10 Å². The van der Waals surface area contributed by atoms with Crippen LogP contribution in [0.2, 0.25) is 0 Å². The summed E-state index contributed by atoms with van der Waals surface area (Å²) in [6.45, 7) is 0. The van der Waals surface area contributed by atoms with Gasteiger partial charge in [-0.25, -0.2) is 0 Å². The largest absolute Gasteiger partial charge is 0.388 e. The summed E-state index contributed by atoms with van der Waals surface area (Å²) in [4.78, 5) is 12.5. The number of ketones is 1. The molecule has 0 aliphatic heterocycles. The molecule has 0 aromatic heterocycles. The first kappa shape index (κ1) is 12.3. The molecule has 3 aliphatic rings. The van der Waals surface area contributed by atoms with E-state index >= 15 is 0 Å². The van der Waals surface area contributed by atoms with Crippen LogP contribution in [0.1, 0.15) is 55.8 Å². The predicted molar refractivity (Wildman–Crippen MR) is 78.0 cm³/mol. The maximum absolute atomic E-state index is 12.5. The van der Waals surface area contributed by atoms with E-state index in [0.717, 1.165) is 29.5 Å². The van der Waals surface area contributed by atoms with Crippen molar-refractivity contribution in [1.29, 1.82) is 0 Å². The van der Waals surface area contributed by atoms with Gasteiger partial charge in [0.25, 0.3) is 0 Å². The van der Waals surface area contributed by atoms with Crippen LogP contribution in [0.25, 0.3) is 5.57 Å². The van der Waals surface area contributed by atoms with Crippen molar-refractivity contribution < 1.29 is 9.90 Å². The van der Waals surface area contributed by atoms with Crippen molar-refractivity contribution in [3.63, 3.8) is 0 Å². The van der Waals surface area contributed by atoms with Gasteiger partial charge >= 0.3 is 0 Å². The van der Waals surface area contributed by atoms with Crippen LogP contribution in [0, 0.1) is 11.8 Å². The first-order valence-electron chi connectivity index (χ1n) is 7.82. The van der Waals surface area contributed by atoms with Crippen molar-refractivity contribution in [2.24, 2.45) is 11.8 Å². The fraction of sp³-hybridized carbons (Fsp3) is 0.500. The zero-order valence-corrected chi connectivity index (χ0v) is 11.6. The van der Waals surface area contributed by atoms with Crippen LogP contribution in [0.5, 0.6) is 0 Å². The summed E-state index contributed by atoms with van der Waals surface area (Å²) in [5, 5.41) is 10.5. The van der Waals surface area contributed by atoms with Gasteiger partial charge in [0, 0.05) is 17.9 Å². The molecule has 2 atom stereocenters. The third kappa shape index (κ3) is 1.64. The first-order chi connectivity index (χ1) is 9.77. The lowest BCUT2D eigenvalue weighted by Crippen LogP contribution is -2.14. The number of carbonyl (C=O) groups excluding carboxylic acids is 1. The molecule has 1 aromatic carbocycles. The highest BCUT2D eigenvalue weighted by atomic mass is 16.3. The second-order valence-corrected chi connectivity index (χ2v) is 6.43. The number of fused-ring (bicyclic) bond motifs is 3. The van der Waals surface area contributed by atoms with E-state index < -0.39 is 6.10 Å². The van der Waals surface area contributed by atoms with Gasteiger partial charge in [0.2, 0.25) is 0 Å². The average molecular weight is 268 g/mol. The molecule has 1 N–H and O–H groups in total. The van der Waals surface area contributed by atoms with Crippen molar-refractivity contribution in [2.45, 2.75) is 44.6 Å². The van der Waals surface area contributed by atoms with Gasteiger partial charge in [0.1, 0.15) is 0 Å². The molecule has 0 bridgehead atoms. The number of benzene rings is 1. The van der Waals surface area contributed by atoms with Crippen LogP contribution in [0.15, 0.2) is 29.8 Å². The van der Waals surface area contributed by atoms with Crippen molar-refractivity contribution in [3.05, 3.63) is 41.0 Å². The average Bonchev–Trinajstić information content (AvgIpc) is 2.96. The third-order valence-electron chi connectivity index (χ3n) is 5.33. The summed E-state index contributed by atoms with van der Waals surface area (Å²) in [5.41, 5.74) is 4.41. The van der Waals surface area contributed by atoms with Crippen LogP contribution < -0.4 is 0 Å². The Morgan fingerprint density at radius 1 is 1.00 bits per heavy atom. The first-order valence-corrected chi connectivity index (χ1v) is 7.82. The molecule has 0 amide bonds. The fourth-order valence-corrected chi connectivity index (χ4v) is 4.43. The highest BCUT2D eigenvalue weighted by molar-refractivity contribution is 6.09. The zero-order chi connectivity index (χ0) is 13.7. The SMILES string of the molecule is O=C1C[C@H]2C(=C1C1CCCCC1)c1ccccc1[C@H]2O. The van der Waals surface area contributed by atoms with Crippen LogP contribution in [-0.2, 0) is 4.79 Å². The van der Waals surface area contributed by atoms with E-state index in [4.69, 9.17) is 0 Å². The molecule has 3 aliphatic carbocycles. The highest BCUT2D eigenvalue weighted by Crippen LogP contribution is 2.54. The molecule has 20 heavy (non-hydrogen) atoms. The second kappa shape index (κ2) is 4.56. The Kier molecular flexibility index (Phi) is 2.81. The lowest BCUT2D eigenvalue weighted by atomic mass is 9.81. The Bertz CT molecular complexity index is 593. The Hall–Kier alpha value is -1.41. The number of Topliss-reactive ketones (excluding diaryl/α,β-unsaturated/α-hetero) is 1. The molecule has 2 nitrogen and oxygen atoms in total. The lowest BCUT2D eigenvalue weighted by Gasteiger charge is -2.23. The van der Waals surface area contributed by atoms with E-state index in [0.29, 0.717) is 18.1 Å². The summed E-state index contributed by atoms with van der Waals surface area (Å²) < 4.78 is 0. The molecule has 2 heteroatoms. The quantitative estimate of drug-likeness (QED) is 0.844. The number of allylic oxidation sites excluding steroid dienone is 1. The highest BCUT2D eigenvalue weighted by Gasteiger charge is 2.45. The summed E-state index contributed by atoms with van der Waals surface area (Å²) in [5.74, 6) is 0.761. The molecule has 0 spiro atoms. The molecule has 104 valence electrons. The monoisotopic (exact) mass is 268 g/mol. The van der Waals surface area contributed by atoms with E-state index in [-0.39, 0.29) is 5.92 Å². The van der Waals surface area contributed by atoms with Crippen LogP contribution in [-0.4, -0.2) is 10.9 Å². The van der Waals surface area contributed by atoms with Crippen LogP contribution in [0.3, 0.4) is 0 Å². The molecule has 0 radical (unpaired) electrons. The Morgan fingerprint density at radius 3 is 2.55 bits per heavy atom. The van der Waals surface area contributed by atoms with E-state index in [1.165, 1.54) is 24.8 Å². The number of hydrogen-bond donors (Lipinski definition) is 1. The van der Waals surface area contributed by atoms with Crippen molar-refractivity contribution in [3.8, 4) is 0 Å². The molecule has 4 rings (SSSR count). The molecule has 1 aromatic rings. The Labute approximate surface area is 119 Å². The van der Waals surface area contributed by atoms with E-state index in [1.54, 1.807) is 0 Å². The maximum Gasteiger partial charge on any atom is 0.160 e. The molecule has 1 saturated carbocycles. The summed E-state index contributed by atoms with van der Waals surface area (Å²) in [6, 6.07) is 8.08. The van der Waals surface area contributed by atoms with Crippen molar-refractivity contribution >= 4 is 11.4 Å². The van der Waals surface area contributed by atoms with Crippen molar-refractivity contribution in [1.82, 2.24) is 0 Å². The number of rotatable bonds is 1. The van der Waals surface area contributed by atoms with Crippen LogP contribution in [0.4, 0.5) is 0 Å². The minimum Gasteiger partial charge on any atom is -0.388 e. The van der Waals surface area contributed by atoms with E-state index in [1.807, 2.05) is 18.2 Å². The molecule has 0 saturated heterocycles. The van der Waals surface area contributed by atoms with Crippen LogP contribution >= 0.6 is 0 Å². The fourth-order valence-electron chi connectivity index (χ4n) is 4.43. The topological polar surface area (TPSA) is 37.3 Å². The summed E-state index contributed by atoms with van der Waals surface area (Å²) in [7, 11) is 0. The predicted octanol–water partition coefficient (Wildman–Crippen LogP) is 3.66. The van der Waals surface area contributed by atoms with Gasteiger partial charge in [-0.1, -0.05) is 43.5 Å². The maximum atomic E-state index is 12.5. The number of hydrogen-bond acceptors (Lipinski definition) is 2. The number of aliphatic hydroxyl groups is 1. The lowest BCUT2D eigenvalue weighted by molar-refractivity contribution is -0.116. The second-order valence-electron chi connectivity index (χ2n) is 6.43. The minimum atomic E-state index is -0.480. The number of carbonyl (C=O) groups is 1. The van der Waals surface area contributed by atoms with Gasteiger partial charge in [-0.15, -0.1) is 0 Å². The normalized spacial score (nSPS) is 29.8. The van der Waals surface area contributed by atoms with Gasteiger partial charge in [-0.3, -0.25) is 4.79 Å². The zero-order valence-electron chi connectivity index (χ0n) is 11.6. The van der Waals surface area contributed by atoms with Gasteiger partial charge in [0.15, 0.2) is 5.78 Å². The third-order valence-corrected chi connectivity index (χ3v) is 5.33. The van der Waals surface area contributed by atoms with E-state index in [9.17, 15) is 9.90 Å². The number of aliphatic hydroxyl groups excluding tert-OH is 1. The van der Waals surface area contributed by atoms with Gasteiger partial charge < -0.3 is 5.11 Å². The van der Waals surface area contributed by atoms with E-state index in [2.05, 4.69) is 6.07 Å². The molecular weight excluding hydrogens is 248 g/mol. The minimum absolute atomic E-state index is 0.0248. The van der Waals surface area contributed by atoms with Gasteiger partial charge in [-0.2, -0.15) is 0 Å². The summed E-state index contributed by atoms with van der Waals surface area (Å²) in [6.07, 6.45) is 6.11. The van der Waals surface area contributed by atoms with Gasteiger partial charge in [-0.05, 0) is 35.5 Å². The molecular formula is C18H20O2.